The van der Waals surface area contributed by atoms with Gasteiger partial charge in [0.25, 0.3) is 5.22 Å². The fourth-order valence-corrected chi connectivity index (χ4v) is 4.39. The number of thioether (sulfide) groups is 1. The van der Waals surface area contributed by atoms with Crippen LogP contribution in [0.4, 0.5) is 0 Å². The number of aromatic nitrogens is 3. The highest BCUT2D eigenvalue weighted by molar-refractivity contribution is 7.98. The first kappa shape index (κ1) is 19.8. The second-order valence-electron chi connectivity index (χ2n) is 5.89. The Balaban J connectivity index is 1.44. The van der Waals surface area contributed by atoms with Crippen LogP contribution in [0.25, 0.3) is 22.0 Å². The van der Waals surface area contributed by atoms with E-state index in [0.717, 1.165) is 21.8 Å². The average molecular weight is 446 g/mol. The molecule has 29 heavy (non-hydrogen) atoms. The highest BCUT2D eigenvalue weighted by Gasteiger charge is 2.13. The fourth-order valence-electron chi connectivity index (χ4n) is 2.62. The first-order valence-corrected chi connectivity index (χ1v) is 10.8. The minimum atomic E-state index is 0.444. The quantitative estimate of drug-likeness (QED) is 0.332. The molecule has 0 fully saturated rings. The summed E-state index contributed by atoms with van der Waals surface area (Å²) >= 11 is 9.03. The molecule has 0 radical (unpaired) electrons. The summed E-state index contributed by atoms with van der Waals surface area (Å²) in [5.74, 6) is 2.44. The normalized spacial score (nSPS) is 10.9. The highest BCUT2D eigenvalue weighted by atomic mass is 35.5. The van der Waals surface area contributed by atoms with Crippen LogP contribution in [0.1, 0.15) is 5.69 Å². The Kier molecular flexibility index (Phi) is 6.03. The van der Waals surface area contributed by atoms with Crippen molar-refractivity contribution in [3.8, 4) is 33.5 Å². The molecule has 0 saturated carbocycles. The molecule has 0 N–H and O–H groups in total. The Hall–Kier alpha value is -2.55. The van der Waals surface area contributed by atoms with Gasteiger partial charge in [0, 0.05) is 27.3 Å². The molecule has 9 heteroatoms. The van der Waals surface area contributed by atoms with E-state index < -0.39 is 0 Å². The van der Waals surface area contributed by atoms with Crippen molar-refractivity contribution in [3.05, 3.63) is 58.6 Å². The number of nitrogens with zero attached hydrogens (tertiary/aromatic N) is 3. The monoisotopic (exact) mass is 445 g/mol. The number of hydrogen-bond donors (Lipinski definition) is 0. The second-order valence-corrected chi connectivity index (χ2v) is 8.11. The zero-order chi connectivity index (χ0) is 20.2. The highest BCUT2D eigenvalue weighted by Crippen LogP contribution is 2.34. The van der Waals surface area contributed by atoms with Crippen molar-refractivity contribution in [3.63, 3.8) is 0 Å². The molecule has 0 aliphatic rings. The predicted molar refractivity (Wildman–Crippen MR) is 115 cm³/mol. The maximum absolute atomic E-state index is 6.01. The van der Waals surface area contributed by atoms with E-state index in [9.17, 15) is 0 Å². The molecule has 0 spiro atoms. The minimum Gasteiger partial charge on any atom is -0.493 e. The number of hydrogen-bond acceptors (Lipinski definition) is 8. The third-order valence-electron chi connectivity index (χ3n) is 4.00. The lowest BCUT2D eigenvalue weighted by Crippen LogP contribution is -1.90. The lowest BCUT2D eigenvalue weighted by Gasteiger charge is -2.08. The molecule has 0 amide bonds. The van der Waals surface area contributed by atoms with Crippen molar-refractivity contribution < 1.29 is 13.9 Å². The average Bonchev–Trinajstić information content (AvgIpc) is 3.41. The van der Waals surface area contributed by atoms with Gasteiger partial charge < -0.3 is 13.9 Å². The van der Waals surface area contributed by atoms with E-state index >= 15 is 0 Å². The number of benzene rings is 2. The Bertz CT molecular complexity index is 1130. The zero-order valence-corrected chi connectivity index (χ0v) is 18.0. The van der Waals surface area contributed by atoms with Crippen LogP contribution in [-0.4, -0.2) is 29.4 Å². The van der Waals surface area contributed by atoms with Gasteiger partial charge in [-0.25, -0.2) is 4.98 Å². The van der Waals surface area contributed by atoms with Crippen molar-refractivity contribution in [2.45, 2.75) is 11.0 Å². The maximum Gasteiger partial charge on any atom is 0.277 e. The SMILES string of the molecule is COc1ccc(-c2nc(CSc3nnc(-c4cccc(Cl)c4)o3)cs2)cc1OC. The molecular weight excluding hydrogens is 430 g/mol. The molecule has 0 unspecified atom stereocenters. The number of thiazole rings is 1. The van der Waals surface area contributed by atoms with Crippen LogP contribution in [0.2, 0.25) is 5.02 Å². The fraction of sp³-hybridized carbons (Fsp3) is 0.150. The molecule has 0 aliphatic carbocycles. The van der Waals surface area contributed by atoms with Gasteiger partial charge >= 0.3 is 0 Å². The van der Waals surface area contributed by atoms with E-state index in [1.165, 1.54) is 11.8 Å². The Morgan fingerprint density at radius 3 is 2.69 bits per heavy atom. The molecule has 2 aromatic heterocycles. The van der Waals surface area contributed by atoms with Crippen molar-refractivity contribution in [1.82, 2.24) is 15.2 Å². The Labute approximate surface area is 180 Å². The van der Waals surface area contributed by atoms with Crippen molar-refractivity contribution in [2.24, 2.45) is 0 Å². The summed E-state index contributed by atoms with van der Waals surface area (Å²) in [5, 5.41) is 12.2. The third kappa shape index (κ3) is 4.55. The van der Waals surface area contributed by atoms with Gasteiger partial charge in [-0.15, -0.1) is 21.5 Å². The first-order chi connectivity index (χ1) is 14.2. The lowest BCUT2D eigenvalue weighted by atomic mass is 10.2. The number of ether oxygens (including phenoxy) is 2. The van der Waals surface area contributed by atoms with Gasteiger partial charge in [0.05, 0.1) is 19.9 Å². The molecule has 6 nitrogen and oxygen atoms in total. The Morgan fingerprint density at radius 2 is 1.90 bits per heavy atom. The van der Waals surface area contributed by atoms with Gasteiger partial charge in [-0.05, 0) is 36.4 Å². The van der Waals surface area contributed by atoms with E-state index in [2.05, 4.69) is 10.2 Å². The van der Waals surface area contributed by atoms with Crippen LogP contribution in [0.5, 0.6) is 11.5 Å². The van der Waals surface area contributed by atoms with E-state index in [1.807, 2.05) is 35.7 Å². The van der Waals surface area contributed by atoms with Crippen LogP contribution in [0.15, 0.2) is 57.5 Å². The molecule has 148 valence electrons. The third-order valence-corrected chi connectivity index (χ3v) is 6.03. The first-order valence-electron chi connectivity index (χ1n) is 8.55. The van der Waals surface area contributed by atoms with E-state index in [4.69, 9.17) is 30.5 Å². The molecule has 4 rings (SSSR count). The van der Waals surface area contributed by atoms with Gasteiger partial charge in [0.1, 0.15) is 5.01 Å². The number of halogens is 1. The molecule has 0 saturated heterocycles. The van der Waals surface area contributed by atoms with Crippen LogP contribution in [0.3, 0.4) is 0 Å². The summed E-state index contributed by atoms with van der Waals surface area (Å²) in [5.41, 5.74) is 2.71. The minimum absolute atomic E-state index is 0.444. The van der Waals surface area contributed by atoms with Crippen molar-refractivity contribution in [2.75, 3.05) is 14.2 Å². The van der Waals surface area contributed by atoms with Gasteiger partial charge in [-0.1, -0.05) is 29.4 Å². The lowest BCUT2D eigenvalue weighted by molar-refractivity contribution is 0.355. The van der Waals surface area contributed by atoms with Crippen molar-refractivity contribution in [1.29, 1.82) is 0 Å². The van der Waals surface area contributed by atoms with E-state index in [0.29, 0.717) is 33.4 Å². The summed E-state index contributed by atoms with van der Waals surface area (Å²) < 4.78 is 16.4. The molecule has 4 aromatic rings. The van der Waals surface area contributed by atoms with Gasteiger partial charge in [-0.3, -0.25) is 0 Å². The topological polar surface area (TPSA) is 70.3 Å². The van der Waals surface area contributed by atoms with Crippen molar-refractivity contribution >= 4 is 34.7 Å². The molecular formula is C20H16ClN3O3S2. The molecule has 2 heterocycles. The Morgan fingerprint density at radius 1 is 1.03 bits per heavy atom. The standard InChI is InChI=1S/C20H16ClN3O3S2/c1-25-16-7-6-13(9-17(16)26-2)19-22-15(10-28-19)11-29-20-24-23-18(27-20)12-4-3-5-14(21)8-12/h3-10H,11H2,1-2H3. The van der Waals surface area contributed by atoms with E-state index in [-0.39, 0.29) is 0 Å². The maximum atomic E-state index is 6.01. The second kappa shape index (κ2) is 8.86. The van der Waals surface area contributed by atoms with E-state index in [1.54, 1.807) is 37.7 Å². The number of rotatable bonds is 7. The smallest absolute Gasteiger partial charge is 0.277 e. The largest absolute Gasteiger partial charge is 0.493 e. The van der Waals surface area contributed by atoms with Crippen LogP contribution >= 0.6 is 34.7 Å². The van der Waals surface area contributed by atoms with Gasteiger partial charge in [0.2, 0.25) is 5.89 Å². The summed E-state index contributed by atoms with van der Waals surface area (Å²) in [6, 6.07) is 13.1. The summed E-state index contributed by atoms with van der Waals surface area (Å²) in [4.78, 5) is 4.70. The van der Waals surface area contributed by atoms with Gasteiger partial charge in [-0.2, -0.15) is 0 Å². The molecule has 0 bridgehead atoms. The molecule has 2 aromatic carbocycles. The summed E-state index contributed by atoms with van der Waals surface area (Å²) in [6.45, 7) is 0. The molecule has 0 aliphatic heterocycles. The summed E-state index contributed by atoms with van der Waals surface area (Å²) in [7, 11) is 3.24. The van der Waals surface area contributed by atoms with Gasteiger partial charge in [0.15, 0.2) is 11.5 Å². The zero-order valence-electron chi connectivity index (χ0n) is 15.6. The van der Waals surface area contributed by atoms with Crippen LogP contribution in [-0.2, 0) is 5.75 Å². The predicted octanol–water partition coefficient (Wildman–Crippen LogP) is 5.82. The number of methoxy groups -OCH3 is 2. The molecule has 0 atom stereocenters. The van der Waals surface area contributed by atoms with Crippen LogP contribution in [0, 0.1) is 0 Å². The van der Waals surface area contributed by atoms with Crippen LogP contribution < -0.4 is 9.47 Å². The summed E-state index contributed by atoms with van der Waals surface area (Å²) in [6.07, 6.45) is 0.